The highest BCUT2D eigenvalue weighted by molar-refractivity contribution is 9.10. The summed E-state index contributed by atoms with van der Waals surface area (Å²) in [5.41, 5.74) is 0.799. The van der Waals surface area contributed by atoms with Crippen molar-refractivity contribution < 1.29 is 26.9 Å². The summed E-state index contributed by atoms with van der Waals surface area (Å²) in [5.74, 6) is -0.172. The highest BCUT2D eigenvalue weighted by Gasteiger charge is 2.65. The summed E-state index contributed by atoms with van der Waals surface area (Å²) in [7, 11) is -4.19. The van der Waals surface area contributed by atoms with E-state index in [2.05, 4.69) is 15.9 Å². The Bertz CT molecular complexity index is 1340. The maximum Gasteiger partial charge on any atom is 0.310 e. The van der Waals surface area contributed by atoms with Gasteiger partial charge < -0.3 is 8.92 Å². The fourth-order valence-corrected chi connectivity index (χ4v) is 8.78. The Morgan fingerprint density at radius 3 is 2.63 bits per heavy atom. The molecule has 5 rings (SSSR count). The average molecular weight is 582 g/mol. The highest BCUT2D eigenvalue weighted by Crippen LogP contribution is 2.64. The van der Waals surface area contributed by atoms with Crippen molar-refractivity contribution in [2.45, 2.75) is 52.1 Å². The summed E-state index contributed by atoms with van der Waals surface area (Å²) in [6.45, 7) is 3.93. The summed E-state index contributed by atoms with van der Waals surface area (Å²) < 4.78 is 39.1. The van der Waals surface area contributed by atoms with Gasteiger partial charge in [-0.05, 0) is 60.3 Å². The van der Waals surface area contributed by atoms with Gasteiger partial charge in [0.15, 0.2) is 12.0 Å². The fraction of sp³-hybridized carbons (Fsp3) is 0.462. The number of aldehydes is 1. The Morgan fingerprint density at radius 2 is 1.97 bits per heavy atom. The second kappa shape index (κ2) is 8.60. The molecular weight excluding hydrogens is 556 g/mol. The van der Waals surface area contributed by atoms with E-state index < -0.39 is 26.7 Å². The van der Waals surface area contributed by atoms with Crippen molar-refractivity contribution in [3.8, 4) is 11.5 Å². The lowest BCUT2D eigenvalue weighted by atomic mass is 9.70. The molecular formula is C26H26BrClO6S. The monoisotopic (exact) mass is 580 g/mol. The van der Waals surface area contributed by atoms with E-state index in [1.54, 1.807) is 0 Å². The molecule has 0 unspecified atom stereocenters. The van der Waals surface area contributed by atoms with Gasteiger partial charge in [-0.3, -0.25) is 9.59 Å². The van der Waals surface area contributed by atoms with Gasteiger partial charge in [-0.15, -0.1) is 0 Å². The van der Waals surface area contributed by atoms with Crippen molar-refractivity contribution in [1.29, 1.82) is 0 Å². The zero-order chi connectivity index (χ0) is 25.2. The predicted molar refractivity (Wildman–Crippen MR) is 136 cm³/mol. The van der Waals surface area contributed by atoms with Crippen LogP contribution in [-0.2, 0) is 21.3 Å². The molecule has 2 fully saturated rings. The van der Waals surface area contributed by atoms with Crippen LogP contribution in [0.4, 0.5) is 0 Å². The van der Waals surface area contributed by atoms with Crippen molar-refractivity contribution in [3.05, 3.63) is 56.5 Å². The molecule has 186 valence electrons. The Labute approximate surface area is 218 Å². The molecule has 0 aliphatic heterocycles. The first-order valence-electron chi connectivity index (χ1n) is 11.7. The van der Waals surface area contributed by atoms with E-state index in [-0.39, 0.29) is 39.9 Å². The predicted octanol–water partition coefficient (Wildman–Crippen LogP) is 6.09. The maximum absolute atomic E-state index is 13.2. The van der Waals surface area contributed by atoms with Crippen LogP contribution in [0.5, 0.6) is 11.5 Å². The van der Waals surface area contributed by atoms with Gasteiger partial charge in [0.2, 0.25) is 0 Å². The average Bonchev–Trinajstić information content (AvgIpc) is 3.35. The van der Waals surface area contributed by atoms with Crippen LogP contribution in [0.2, 0.25) is 5.02 Å². The molecule has 0 saturated heterocycles. The maximum atomic E-state index is 13.2. The lowest BCUT2D eigenvalue weighted by Crippen LogP contribution is -2.43. The Morgan fingerprint density at radius 1 is 1.20 bits per heavy atom. The van der Waals surface area contributed by atoms with Gasteiger partial charge >= 0.3 is 10.1 Å². The third kappa shape index (κ3) is 4.02. The first-order chi connectivity index (χ1) is 16.5. The van der Waals surface area contributed by atoms with E-state index in [1.807, 2.05) is 32.0 Å². The first kappa shape index (κ1) is 24.8. The van der Waals surface area contributed by atoms with Crippen molar-refractivity contribution in [2.24, 2.45) is 16.7 Å². The number of fused-ring (bicyclic) bond motifs is 3. The lowest BCUT2D eigenvalue weighted by molar-refractivity contribution is -0.128. The summed E-state index contributed by atoms with van der Waals surface area (Å²) in [4.78, 5) is 24.5. The number of carbonyl (C=O) groups excluding carboxylic acids is 2. The molecule has 0 spiro atoms. The fourth-order valence-electron chi connectivity index (χ4n) is 6.23. The van der Waals surface area contributed by atoms with Crippen LogP contribution in [0.15, 0.2) is 34.8 Å². The van der Waals surface area contributed by atoms with Crippen molar-refractivity contribution in [3.63, 3.8) is 0 Å². The molecule has 2 bridgehead atoms. The van der Waals surface area contributed by atoms with E-state index in [0.29, 0.717) is 19.1 Å². The standard InChI is InChI=1S/C26H26BrClO6S/c1-25(2)16-8-9-26(25,24(30)11-16)14-35(31,32)34-22-12-23(20(28)10-15(22)13-29)33-21-7-6-17-18(21)4-3-5-19(17)27/h3-5,10,12-13,16,21H,6-9,11,14H2,1-2H3/t16-,21+,26+/m1/s1. The van der Waals surface area contributed by atoms with Crippen LogP contribution >= 0.6 is 27.5 Å². The molecule has 3 atom stereocenters. The van der Waals surface area contributed by atoms with Crippen LogP contribution in [-0.4, -0.2) is 26.2 Å². The number of rotatable bonds is 7. The van der Waals surface area contributed by atoms with Gasteiger partial charge in [-0.1, -0.05) is 53.5 Å². The molecule has 3 aliphatic rings. The molecule has 0 aromatic heterocycles. The first-order valence-corrected chi connectivity index (χ1v) is 14.4. The number of Topliss-reactive ketones (excluding diaryl/α,β-unsaturated/α-hetero) is 1. The third-order valence-electron chi connectivity index (χ3n) is 8.40. The topological polar surface area (TPSA) is 86.7 Å². The van der Waals surface area contributed by atoms with Crippen LogP contribution < -0.4 is 8.92 Å². The van der Waals surface area contributed by atoms with E-state index in [0.717, 1.165) is 34.9 Å². The molecule has 2 aromatic carbocycles. The summed E-state index contributed by atoms with van der Waals surface area (Å²) in [5, 5.41) is 0.185. The highest BCUT2D eigenvalue weighted by atomic mass is 79.9. The van der Waals surface area contributed by atoms with Crippen LogP contribution in [0.3, 0.4) is 0 Å². The Kier molecular flexibility index (Phi) is 6.09. The molecule has 2 saturated carbocycles. The largest absolute Gasteiger partial charge is 0.484 e. The smallest absolute Gasteiger partial charge is 0.310 e. The third-order valence-corrected chi connectivity index (χ3v) is 10.7. The minimum atomic E-state index is -4.19. The van der Waals surface area contributed by atoms with Gasteiger partial charge in [0.25, 0.3) is 0 Å². The van der Waals surface area contributed by atoms with Crippen LogP contribution in [0.1, 0.15) is 67.1 Å². The SMILES string of the molecule is CC1(C)[C@@H]2CC[C@]1(CS(=O)(=O)Oc1cc(O[C@H]3CCc4c(Br)cccc43)c(Cl)cc1C=O)C(=O)C2. The normalized spacial score (nSPS) is 26.6. The molecule has 3 aliphatic carbocycles. The van der Waals surface area contributed by atoms with Gasteiger partial charge in [0, 0.05) is 17.0 Å². The van der Waals surface area contributed by atoms with Crippen LogP contribution in [0.25, 0.3) is 0 Å². The summed E-state index contributed by atoms with van der Waals surface area (Å²) in [6.07, 6.45) is 3.55. The summed E-state index contributed by atoms with van der Waals surface area (Å²) >= 11 is 9.96. The van der Waals surface area contributed by atoms with Crippen LogP contribution in [0, 0.1) is 16.7 Å². The van der Waals surface area contributed by atoms with Crippen molar-refractivity contribution in [1.82, 2.24) is 0 Å². The zero-order valence-corrected chi connectivity index (χ0v) is 22.6. The molecule has 6 nitrogen and oxygen atoms in total. The van der Waals surface area contributed by atoms with E-state index >= 15 is 0 Å². The zero-order valence-electron chi connectivity index (χ0n) is 19.5. The van der Waals surface area contributed by atoms with Crippen molar-refractivity contribution in [2.75, 3.05) is 5.75 Å². The molecule has 0 amide bonds. The summed E-state index contributed by atoms with van der Waals surface area (Å²) in [6, 6.07) is 8.60. The lowest BCUT2D eigenvalue weighted by Gasteiger charge is -2.35. The van der Waals surface area contributed by atoms with Gasteiger partial charge in [0.1, 0.15) is 17.6 Å². The second-order valence-electron chi connectivity index (χ2n) is 10.3. The molecule has 2 aromatic rings. The van der Waals surface area contributed by atoms with Gasteiger partial charge in [0.05, 0.1) is 21.8 Å². The number of hydrogen-bond donors (Lipinski definition) is 0. The van der Waals surface area contributed by atoms with Gasteiger partial charge in [-0.2, -0.15) is 8.42 Å². The minimum absolute atomic E-state index is 0.000649. The van der Waals surface area contributed by atoms with E-state index in [1.165, 1.54) is 12.1 Å². The van der Waals surface area contributed by atoms with E-state index in [9.17, 15) is 18.0 Å². The number of hydrogen-bond acceptors (Lipinski definition) is 6. The van der Waals surface area contributed by atoms with Gasteiger partial charge in [-0.25, -0.2) is 0 Å². The Balaban J connectivity index is 1.43. The quantitative estimate of drug-likeness (QED) is 0.291. The molecule has 9 heteroatoms. The minimum Gasteiger partial charge on any atom is -0.484 e. The van der Waals surface area contributed by atoms with Crippen molar-refractivity contribution >= 4 is 49.7 Å². The number of carbonyl (C=O) groups is 2. The number of ether oxygens (including phenoxy) is 1. The molecule has 35 heavy (non-hydrogen) atoms. The van der Waals surface area contributed by atoms with E-state index in [4.69, 9.17) is 20.5 Å². The number of halogens is 2. The molecule has 0 radical (unpaired) electrons. The number of benzene rings is 2. The molecule has 0 heterocycles. The Hall–Kier alpha value is -1.90. The molecule has 0 N–H and O–H groups in total. The second-order valence-corrected chi connectivity index (χ2v) is 13.2. The number of ketones is 1.